The number of aliphatic hydroxyl groups is 1. The molecule has 2 aromatic rings. The van der Waals surface area contributed by atoms with Crippen molar-refractivity contribution in [2.45, 2.75) is 103 Å². The summed E-state index contributed by atoms with van der Waals surface area (Å²) >= 11 is 0. The molecule has 240 valence electrons. The SMILES string of the molecule is C=CCN(C[C@@H]1O[C@H](c2ccc(CNC(=O)CCCCCNC(C)=O)cc2)O[C@H](c2ccc(CO)cc2)[C@@H]1C)C1CCCC1. The second kappa shape index (κ2) is 17.4. The Hall–Kier alpha value is -3.04. The average Bonchev–Trinajstić information content (AvgIpc) is 3.58. The Morgan fingerprint density at radius 1 is 0.955 bits per heavy atom. The first-order valence-electron chi connectivity index (χ1n) is 16.3. The van der Waals surface area contributed by atoms with Crippen molar-refractivity contribution in [2.24, 2.45) is 5.92 Å². The number of hydrogen-bond acceptors (Lipinski definition) is 6. The minimum absolute atomic E-state index is 0.0142. The van der Waals surface area contributed by atoms with E-state index < -0.39 is 6.29 Å². The maximum absolute atomic E-state index is 12.3. The third-order valence-corrected chi connectivity index (χ3v) is 8.94. The minimum atomic E-state index is -0.519. The van der Waals surface area contributed by atoms with Gasteiger partial charge in [0.2, 0.25) is 11.8 Å². The second-order valence-corrected chi connectivity index (χ2v) is 12.3. The van der Waals surface area contributed by atoms with Gasteiger partial charge >= 0.3 is 0 Å². The molecule has 1 heterocycles. The zero-order valence-electron chi connectivity index (χ0n) is 26.5. The highest BCUT2D eigenvalue weighted by Crippen LogP contribution is 2.42. The highest BCUT2D eigenvalue weighted by Gasteiger charge is 2.40. The van der Waals surface area contributed by atoms with Gasteiger partial charge in [0.1, 0.15) is 0 Å². The van der Waals surface area contributed by atoms with Gasteiger partial charge in [-0.25, -0.2) is 0 Å². The van der Waals surface area contributed by atoms with Gasteiger partial charge in [-0.2, -0.15) is 0 Å². The lowest BCUT2D eigenvalue weighted by Crippen LogP contribution is -2.47. The monoisotopic (exact) mass is 605 g/mol. The first-order valence-corrected chi connectivity index (χ1v) is 16.3. The Kier molecular flexibility index (Phi) is 13.4. The van der Waals surface area contributed by atoms with Crippen LogP contribution in [0.2, 0.25) is 0 Å². The van der Waals surface area contributed by atoms with Gasteiger partial charge in [-0.3, -0.25) is 14.5 Å². The van der Waals surface area contributed by atoms with E-state index in [0.717, 1.165) is 54.6 Å². The summed E-state index contributed by atoms with van der Waals surface area (Å²) in [6.45, 7) is 10.5. The number of ether oxygens (including phenoxy) is 2. The smallest absolute Gasteiger partial charge is 0.220 e. The number of carbonyl (C=O) groups excluding carboxylic acids is 2. The minimum Gasteiger partial charge on any atom is -0.392 e. The van der Waals surface area contributed by atoms with Crippen molar-refractivity contribution in [3.05, 3.63) is 83.4 Å². The van der Waals surface area contributed by atoms with Gasteiger partial charge in [-0.1, -0.05) is 80.8 Å². The fraction of sp³-hybridized carbons (Fsp3) is 0.556. The summed E-state index contributed by atoms with van der Waals surface area (Å²) in [7, 11) is 0. The lowest BCUT2D eigenvalue weighted by atomic mass is 9.89. The van der Waals surface area contributed by atoms with Crippen molar-refractivity contribution in [1.29, 1.82) is 0 Å². The molecule has 3 N–H and O–H groups in total. The van der Waals surface area contributed by atoms with E-state index in [9.17, 15) is 14.7 Å². The Bertz CT molecular complexity index is 1180. The molecule has 1 saturated carbocycles. The summed E-state index contributed by atoms with van der Waals surface area (Å²) < 4.78 is 13.4. The molecule has 0 bridgehead atoms. The topological polar surface area (TPSA) is 100 Å². The molecular formula is C36H51N3O5. The number of unbranched alkanes of at least 4 members (excludes halogenated alkanes) is 2. The zero-order chi connectivity index (χ0) is 31.3. The fourth-order valence-electron chi connectivity index (χ4n) is 6.30. The van der Waals surface area contributed by atoms with E-state index in [-0.39, 0.29) is 36.5 Å². The molecule has 0 unspecified atom stereocenters. The molecule has 44 heavy (non-hydrogen) atoms. The zero-order valence-corrected chi connectivity index (χ0v) is 26.5. The molecular weight excluding hydrogens is 554 g/mol. The second-order valence-electron chi connectivity index (χ2n) is 12.3. The van der Waals surface area contributed by atoms with Crippen molar-refractivity contribution < 1.29 is 24.2 Å². The highest BCUT2D eigenvalue weighted by atomic mass is 16.7. The molecule has 1 aliphatic carbocycles. The molecule has 0 radical (unpaired) electrons. The maximum atomic E-state index is 12.3. The fourth-order valence-corrected chi connectivity index (χ4v) is 6.30. The van der Waals surface area contributed by atoms with E-state index in [1.807, 2.05) is 42.5 Å². The molecule has 2 aliphatic rings. The van der Waals surface area contributed by atoms with Crippen LogP contribution in [0.4, 0.5) is 0 Å². The lowest BCUT2D eigenvalue weighted by Gasteiger charge is -2.43. The third kappa shape index (κ3) is 9.99. The van der Waals surface area contributed by atoms with E-state index in [2.05, 4.69) is 41.2 Å². The Morgan fingerprint density at radius 2 is 1.64 bits per heavy atom. The predicted octanol–water partition coefficient (Wildman–Crippen LogP) is 5.71. The van der Waals surface area contributed by atoms with Crippen LogP contribution in [-0.4, -0.2) is 53.6 Å². The molecule has 4 rings (SSSR count). The number of carbonyl (C=O) groups is 2. The van der Waals surface area contributed by atoms with Crippen LogP contribution in [0.3, 0.4) is 0 Å². The number of rotatable bonds is 16. The largest absolute Gasteiger partial charge is 0.392 e. The van der Waals surface area contributed by atoms with Crippen molar-refractivity contribution in [2.75, 3.05) is 19.6 Å². The van der Waals surface area contributed by atoms with E-state index in [4.69, 9.17) is 9.47 Å². The van der Waals surface area contributed by atoms with Crippen LogP contribution in [0.15, 0.2) is 61.2 Å². The summed E-state index contributed by atoms with van der Waals surface area (Å²) in [5, 5.41) is 15.3. The van der Waals surface area contributed by atoms with Gasteiger partial charge in [-0.05, 0) is 42.4 Å². The standard InChI is InChI=1S/C36H51N3O5/c1-4-22-39(32-10-7-8-11-32)24-33-26(2)35(30-17-15-29(25-40)16-18-30)44-36(43-33)31-19-13-28(14-20-31)23-38-34(42)12-6-5-9-21-37-27(3)41/h4,13-20,26,32-33,35-36,40H,1,5-12,21-25H2,2-3H3,(H,37,41)(H,38,42)/t26-,33+,35+,36+/m1/s1. The summed E-state index contributed by atoms with van der Waals surface area (Å²) in [6.07, 6.45) is 9.34. The molecule has 8 heteroatoms. The maximum Gasteiger partial charge on any atom is 0.220 e. The van der Waals surface area contributed by atoms with Crippen LogP contribution in [-0.2, 0) is 32.2 Å². The van der Waals surface area contributed by atoms with Crippen LogP contribution in [0.1, 0.15) is 99.9 Å². The van der Waals surface area contributed by atoms with Crippen molar-refractivity contribution >= 4 is 11.8 Å². The quantitative estimate of drug-likeness (QED) is 0.167. The first-order chi connectivity index (χ1) is 21.4. The van der Waals surface area contributed by atoms with Gasteiger partial charge in [0.05, 0.1) is 18.8 Å². The van der Waals surface area contributed by atoms with Crippen LogP contribution in [0, 0.1) is 5.92 Å². The van der Waals surface area contributed by atoms with Crippen molar-refractivity contribution in [3.8, 4) is 0 Å². The van der Waals surface area contributed by atoms with Gasteiger partial charge in [0.25, 0.3) is 0 Å². The number of nitrogens with one attached hydrogen (secondary N) is 2. The number of aliphatic hydroxyl groups excluding tert-OH is 1. The number of amides is 2. The highest BCUT2D eigenvalue weighted by molar-refractivity contribution is 5.75. The number of nitrogens with zero attached hydrogens (tertiary/aromatic N) is 1. The summed E-state index contributed by atoms with van der Waals surface area (Å²) in [5.74, 6) is 0.137. The van der Waals surface area contributed by atoms with Crippen molar-refractivity contribution in [1.82, 2.24) is 15.5 Å². The predicted molar refractivity (Wildman–Crippen MR) is 172 cm³/mol. The Morgan fingerprint density at radius 3 is 2.30 bits per heavy atom. The molecule has 2 amide bonds. The van der Waals surface area contributed by atoms with Gasteiger partial charge < -0.3 is 25.2 Å². The summed E-state index contributed by atoms with van der Waals surface area (Å²) in [4.78, 5) is 25.8. The molecule has 2 fully saturated rings. The van der Waals surface area contributed by atoms with E-state index >= 15 is 0 Å². The molecule has 4 atom stereocenters. The molecule has 0 spiro atoms. The van der Waals surface area contributed by atoms with E-state index in [1.54, 1.807) is 0 Å². The molecule has 1 saturated heterocycles. The average molecular weight is 606 g/mol. The van der Waals surface area contributed by atoms with E-state index in [0.29, 0.717) is 25.6 Å². The Labute approximate surface area is 263 Å². The number of hydrogen-bond donors (Lipinski definition) is 3. The van der Waals surface area contributed by atoms with Crippen LogP contribution < -0.4 is 10.6 Å². The van der Waals surface area contributed by atoms with Crippen LogP contribution in [0.5, 0.6) is 0 Å². The van der Waals surface area contributed by atoms with Gasteiger partial charge in [0, 0.05) is 57.0 Å². The first kappa shape index (κ1) is 33.8. The van der Waals surface area contributed by atoms with Crippen molar-refractivity contribution in [3.63, 3.8) is 0 Å². The van der Waals surface area contributed by atoms with Gasteiger partial charge in [-0.15, -0.1) is 6.58 Å². The van der Waals surface area contributed by atoms with Gasteiger partial charge in [0.15, 0.2) is 6.29 Å². The van der Waals surface area contributed by atoms with Crippen LogP contribution >= 0.6 is 0 Å². The van der Waals surface area contributed by atoms with E-state index in [1.165, 1.54) is 32.6 Å². The molecule has 8 nitrogen and oxygen atoms in total. The normalized spacial score (nSPS) is 22.2. The molecule has 2 aromatic carbocycles. The summed E-state index contributed by atoms with van der Waals surface area (Å²) in [5.41, 5.74) is 3.93. The van der Waals surface area contributed by atoms with Crippen LogP contribution in [0.25, 0.3) is 0 Å². The Balaban J connectivity index is 1.39. The number of benzene rings is 2. The molecule has 0 aromatic heterocycles. The third-order valence-electron chi connectivity index (χ3n) is 8.94. The molecule has 1 aliphatic heterocycles. The lowest BCUT2D eigenvalue weighted by molar-refractivity contribution is -0.276. The summed E-state index contributed by atoms with van der Waals surface area (Å²) in [6, 6.07) is 16.7.